The Labute approximate surface area is 206 Å². The lowest BCUT2D eigenvalue weighted by Gasteiger charge is -2.22. The van der Waals surface area contributed by atoms with Gasteiger partial charge in [0.05, 0.1) is 6.61 Å². The van der Waals surface area contributed by atoms with E-state index in [1.54, 1.807) is 7.11 Å². The van der Waals surface area contributed by atoms with Crippen LogP contribution >= 0.6 is 0 Å². The molecule has 0 saturated carbocycles. The predicted molar refractivity (Wildman–Crippen MR) is 140 cm³/mol. The van der Waals surface area contributed by atoms with E-state index in [9.17, 15) is 4.79 Å². The summed E-state index contributed by atoms with van der Waals surface area (Å²) in [5.41, 5.74) is 0. The van der Waals surface area contributed by atoms with Crippen molar-refractivity contribution in [3.05, 3.63) is 0 Å². The van der Waals surface area contributed by atoms with Crippen molar-refractivity contribution in [1.29, 1.82) is 0 Å². The molecule has 198 valence electrons. The summed E-state index contributed by atoms with van der Waals surface area (Å²) >= 11 is 0. The SMILES string of the molecule is CCCCCCCCCOC(=O)CCCCCCCN(CCCO)CCCCCCCOC. The molecule has 0 rings (SSSR count). The minimum Gasteiger partial charge on any atom is -0.466 e. The summed E-state index contributed by atoms with van der Waals surface area (Å²) in [6, 6.07) is 0. The maximum absolute atomic E-state index is 11.8. The lowest BCUT2D eigenvalue weighted by molar-refractivity contribution is -0.143. The van der Waals surface area contributed by atoms with Crippen molar-refractivity contribution in [2.45, 2.75) is 129 Å². The van der Waals surface area contributed by atoms with Gasteiger partial charge >= 0.3 is 5.97 Å². The summed E-state index contributed by atoms with van der Waals surface area (Å²) in [4.78, 5) is 14.4. The molecule has 1 N–H and O–H groups in total. The normalized spacial score (nSPS) is 11.4. The van der Waals surface area contributed by atoms with E-state index >= 15 is 0 Å². The molecule has 5 heteroatoms. The van der Waals surface area contributed by atoms with Gasteiger partial charge in [-0.3, -0.25) is 4.79 Å². The first-order valence-corrected chi connectivity index (χ1v) is 14.2. The fourth-order valence-electron chi connectivity index (χ4n) is 4.19. The maximum Gasteiger partial charge on any atom is 0.305 e. The van der Waals surface area contributed by atoms with Gasteiger partial charge in [0.15, 0.2) is 0 Å². The second kappa shape index (κ2) is 27.6. The van der Waals surface area contributed by atoms with Crippen LogP contribution < -0.4 is 0 Å². The monoisotopic (exact) mass is 471 g/mol. The predicted octanol–water partition coefficient (Wildman–Crippen LogP) is 6.90. The Morgan fingerprint density at radius 1 is 0.636 bits per heavy atom. The Morgan fingerprint density at radius 2 is 1.12 bits per heavy atom. The van der Waals surface area contributed by atoms with E-state index < -0.39 is 0 Å². The average molecular weight is 472 g/mol. The molecule has 0 aliphatic rings. The fourth-order valence-corrected chi connectivity index (χ4v) is 4.19. The number of ether oxygens (including phenoxy) is 2. The number of carbonyl (C=O) groups excluding carboxylic acids is 1. The number of methoxy groups -OCH3 is 1. The summed E-state index contributed by atoms with van der Waals surface area (Å²) in [5, 5.41) is 9.16. The molecule has 5 nitrogen and oxygen atoms in total. The number of esters is 1. The summed E-state index contributed by atoms with van der Waals surface area (Å²) in [6.07, 6.45) is 22.1. The third-order valence-corrected chi connectivity index (χ3v) is 6.32. The summed E-state index contributed by atoms with van der Waals surface area (Å²) < 4.78 is 10.5. The lowest BCUT2D eigenvalue weighted by atomic mass is 10.1. The van der Waals surface area contributed by atoms with Gasteiger partial charge < -0.3 is 19.5 Å². The molecule has 33 heavy (non-hydrogen) atoms. The third kappa shape index (κ3) is 25.8. The van der Waals surface area contributed by atoms with Crippen LogP contribution in [0, 0.1) is 0 Å². The molecule has 0 bridgehead atoms. The first-order chi connectivity index (χ1) is 16.2. The summed E-state index contributed by atoms with van der Waals surface area (Å²) in [5.74, 6) is -0.0154. The van der Waals surface area contributed by atoms with Gasteiger partial charge in [-0.25, -0.2) is 0 Å². The maximum atomic E-state index is 11.8. The summed E-state index contributed by atoms with van der Waals surface area (Å²) in [7, 11) is 1.77. The Hall–Kier alpha value is -0.650. The van der Waals surface area contributed by atoms with Crippen molar-refractivity contribution in [2.24, 2.45) is 0 Å². The van der Waals surface area contributed by atoms with Crippen molar-refractivity contribution in [2.75, 3.05) is 46.6 Å². The molecule has 0 spiro atoms. The molecule has 0 fully saturated rings. The highest BCUT2D eigenvalue weighted by atomic mass is 16.5. The van der Waals surface area contributed by atoms with Gasteiger partial charge in [0.2, 0.25) is 0 Å². The number of rotatable bonds is 27. The zero-order valence-electron chi connectivity index (χ0n) is 22.3. The van der Waals surface area contributed by atoms with Crippen LogP contribution in [-0.4, -0.2) is 62.5 Å². The van der Waals surface area contributed by atoms with Gasteiger partial charge in [0.25, 0.3) is 0 Å². The van der Waals surface area contributed by atoms with Gasteiger partial charge in [-0.05, 0) is 51.6 Å². The Morgan fingerprint density at radius 3 is 1.70 bits per heavy atom. The highest BCUT2D eigenvalue weighted by molar-refractivity contribution is 5.69. The van der Waals surface area contributed by atoms with Crippen molar-refractivity contribution in [3.63, 3.8) is 0 Å². The minimum atomic E-state index is -0.0154. The van der Waals surface area contributed by atoms with Crippen LogP contribution in [0.5, 0.6) is 0 Å². The number of hydrogen-bond donors (Lipinski definition) is 1. The zero-order valence-corrected chi connectivity index (χ0v) is 22.3. The van der Waals surface area contributed by atoms with E-state index in [-0.39, 0.29) is 12.6 Å². The number of aliphatic hydroxyl groups is 1. The van der Waals surface area contributed by atoms with E-state index in [4.69, 9.17) is 14.6 Å². The Balaban J connectivity index is 3.56. The molecular formula is C28H57NO4. The second-order valence-electron chi connectivity index (χ2n) is 9.54. The van der Waals surface area contributed by atoms with Crippen LogP contribution in [0.25, 0.3) is 0 Å². The van der Waals surface area contributed by atoms with E-state index in [0.717, 1.165) is 51.9 Å². The number of carbonyl (C=O) groups is 1. The van der Waals surface area contributed by atoms with Crippen LogP contribution in [0.15, 0.2) is 0 Å². The van der Waals surface area contributed by atoms with Crippen molar-refractivity contribution >= 4 is 5.97 Å². The highest BCUT2D eigenvalue weighted by Crippen LogP contribution is 2.10. The summed E-state index contributed by atoms with van der Waals surface area (Å²) in [6.45, 7) is 7.28. The molecule has 0 heterocycles. The first-order valence-electron chi connectivity index (χ1n) is 14.2. The molecule has 0 unspecified atom stereocenters. The van der Waals surface area contributed by atoms with Gasteiger partial charge in [-0.15, -0.1) is 0 Å². The van der Waals surface area contributed by atoms with Crippen LogP contribution in [0.4, 0.5) is 0 Å². The Bertz CT molecular complexity index is 392. The molecule has 0 aromatic heterocycles. The van der Waals surface area contributed by atoms with Gasteiger partial charge in [0, 0.05) is 33.3 Å². The number of hydrogen-bond acceptors (Lipinski definition) is 5. The minimum absolute atomic E-state index is 0.0154. The molecule has 0 aromatic carbocycles. The van der Waals surface area contributed by atoms with E-state index in [2.05, 4.69) is 11.8 Å². The number of unbranched alkanes of at least 4 members (excludes halogenated alkanes) is 14. The quantitative estimate of drug-likeness (QED) is 0.104. The molecule has 0 aromatic rings. The molecule has 0 radical (unpaired) electrons. The van der Waals surface area contributed by atoms with Crippen molar-refractivity contribution < 1.29 is 19.4 Å². The molecule has 0 saturated heterocycles. The van der Waals surface area contributed by atoms with Crippen molar-refractivity contribution in [3.8, 4) is 0 Å². The van der Waals surface area contributed by atoms with Crippen LogP contribution in [0.3, 0.4) is 0 Å². The van der Waals surface area contributed by atoms with Crippen LogP contribution in [0.2, 0.25) is 0 Å². The number of nitrogens with zero attached hydrogens (tertiary/aromatic N) is 1. The molecule has 0 aliphatic heterocycles. The van der Waals surface area contributed by atoms with Gasteiger partial charge in [-0.2, -0.15) is 0 Å². The first kappa shape index (κ1) is 32.4. The molecular weight excluding hydrogens is 414 g/mol. The van der Waals surface area contributed by atoms with Crippen molar-refractivity contribution in [1.82, 2.24) is 4.90 Å². The van der Waals surface area contributed by atoms with E-state index in [0.29, 0.717) is 13.0 Å². The molecule has 0 aliphatic carbocycles. The van der Waals surface area contributed by atoms with Crippen LogP contribution in [0.1, 0.15) is 129 Å². The topological polar surface area (TPSA) is 59.0 Å². The smallest absolute Gasteiger partial charge is 0.305 e. The fraction of sp³-hybridized carbons (Fsp3) is 0.964. The largest absolute Gasteiger partial charge is 0.466 e. The zero-order chi connectivity index (χ0) is 24.2. The van der Waals surface area contributed by atoms with Crippen LogP contribution in [-0.2, 0) is 14.3 Å². The highest BCUT2D eigenvalue weighted by Gasteiger charge is 2.06. The second-order valence-corrected chi connectivity index (χ2v) is 9.54. The lowest BCUT2D eigenvalue weighted by Crippen LogP contribution is -2.27. The van der Waals surface area contributed by atoms with E-state index in [1.165, 1.54) is 89.9 Å². The third-order valence-electron chi connectivity index (χ3n) is 6.32. The standard InChI is InChI=1S/C28H57NO4/c1-3-4-5-6-7-14-19-27-33-28(31)21-15-10-8-11-16-22-29(24-20-25-30)23-17-12-9-13-18-26-32-2/h30H,3-27H2,1-2H3. The van der Waals surface area contributed by atoms with E-state index in [1.807, 2.05) is 0 Å². The Kier molecular flexibility index (Phi) is 27.0. The molecule has 0 atom stereocenters. The van der Waals surface area contributed by atoms with Gasteiger partial charge in [0.1, 0.15) is 0 Å². The number of aliphatic hydroxyl groups excluding tert-OH is 1. The average Bonchev–Trinajstić information content (AvgIpc) is 2.82. The molecule has 0 amide bonds. The van der Waals surface area contributed by atoms with Gasteiger partial charge in [-0.1, -0.05) is 84.0 Å².